The fourth-order valence-corrected chi connectivity index (χ4v) is 3.80. The molecule has 0 saturated carbocycles. The number of amides is 2. The predicted molar refractivity (Wildman–Crippen MR) is 91.0 cm³/mol. The van der Waals surface area contributed by atoms with E-state index in [1.54, 1.807) is 4.90 Å². The largest absolute Gasteiger partial charge is 0.487 e. The highest BCUT2D eigenvalue weighted by Crippen LogP contribution is 2.32. The number of rotatable bonds is 3. The van der Waals surface area contributed by atoms with Gasteiger partial charge in [-0.2, -0.15) is 11.8 Å². The molecular weight excluding hydrogens is 298 g/mol. The van der Waals surface area contributed by atoms with Crippen LogP contribution in [0.4, 0.5) is 10.5 Å². The molecule has 0 unspecified atom stereocenters. The van der Waals surface area contributed by atoms with Gasteiger partial charge in [-0.25, -0.2) is 4.79 Å². The van der Waals surface area contributed by atoms with Crippen LogP contribution in [0.3, 0.4) is 0 Å². The lowest BCUT2D eigenvalue weighted by Gasteiger charge is -2.33. The molecule has 2 aliphatic rings. The molecule has 2 amide bonds. The molecule has 2 aliphatic heterocycles. The molecule has 120 valence electrons. The second-order valence-electron chi connectivity index (χ2n) is 5.69. The lowest BCUT2D eigenvalue weighted by atomic mass is 10.2. The van der Waals surface area contributed by atoms with E-state index >= 15 is 0 Å². The van der Waals surface area contributed by atoms with Gasteiger partial charge in [-0.3, -0.25) is 9.80 Å². The molecule has 1 N–H and O–H groups in total. The number of ether oxygens (including phenoxy) is 1. The van der Waals surface area contributed by atoms with E-state index in [4.69, 9.17) is 4.74 Å². The Bertz CT molecular complexity index is 520. The summed E-state index contributed by atoms with van der Waals surface area (Å²) in [4.78, 5) is 16.7. The van der Waals surface area contributed by atoms with Crippen molar-refractivity contribution in [2.45, 2.75) is 13.0 Å². The second-order valence-corrected chi connectivity index (χ2v) is 6.92. The van der Waals surface area contributed by atoms with Crippen LogP contribution >= 0.6 is 11.8 Å². The minimum atomic E-state index is -0.0333. The van der Waals surface area contributed by atoms with Gasteiger partial charge in [-0.1, -0.05) is 12.1 Å². The second kappa shape index (κ2) is 7.24. The number of nitrogens with one attached hydrogen (secondary N) is 1. The fraction of sp³-hybridized carbons (Fsp3) is 0.562. The van der Waals surface area contributed by atoms with E-state index in [0.717, 1.165) is 31.1 Å². The van der Waals surface area contributed by atoms with Gasteiger partial charge in [0.1, 0.15) is 11.9 Å². The number of thioether (sulfide) groups is 1. The monoisotopic (exact) mass is 321 g/mol. The Balaban J connectivity index is 1.55. The molecule has 0 radical (unpaired) electrons. The number of hydrogen-bond donors (Lipinski definition) is 1. The third kappa shape index (κ3) is 3.67. The lowest BCUT2D eigenvalue weighted by Crippen LogP contribution is -2.49. The van der Waals surface area contributed by atoms with Crippen molar-refractivity contribution in [1.29, 1.82) is 0 Å². The van der Waals surface area contributed by atoms with Crippen LogP contribution in [0.15, 0.2) is 24.3 Å². The average Bonchev–Trinajstić information content (AvgIpc) is 2.55. The van der Waals surface area contributed by atoms with Gasteiger partial charge in [-0.15, -0.1) is 0 Å². The summed E-state index contributed by atoms with van der Waals surface area (Å²) in [5.74, 6) is 3.18. The highest BCUT2D eigenvalue weighted by atomic mass is 32.2. The minimum absolute atomic E-state index is 0.0137. The van der Waals surface area contributed by atoms with Crippen LogP contribution < -0.4 is 15.0 Å². The van der Waals surface area contributed by atoms with E-state index < -0.39 is 0 Å². The quantitative estimate of drug-likeness (QED) is 0.925. The zero-order valence-electron chi connectivity index (χ0n) is 13.0. The molecule has 3 rings (SSSR count). The number of nitrogens with zero attached hydrogens (tertiary/aromatic N) is 2. The summed E-state index contributed by atoms with van der Waals surface area (Å²) in [5, 5.41) is 3.04. The van der Waals surface area contributed by atoms with Gasteiger partial charge in [0.2, 0.25) is 0 Å². The van der Waals surface area contributed by atoms with Gasteiger partial charge in [-0.05, 0) is 19.1 Å². The molecule has 1 fully saturated rings. The average molecular weight is 321 g/mol. The number of carbonyl (C=O) groups excluding carboxylic acids is 1. The number of hydrogen-bond acceptors (Lipinski definition) is 4. The summed E-state index contributed by atoms with van der Waals surface area (Å²) >= 11 is 2.00. The van der Waals surface area contributed by atoms with Crippen molar-refractivity contribution in [1.82, 2.24) is 10.2 Å². The molecule has 0 aliphatic carbocycles. The number of carbonyl (C=O) groups is 1. The number of fused-ring (bicyclic) bond motifs is 1. The van der Waals surface area contributed by atoms with Crippen molar-refractivity contribution in [3.05, 3.63) is 24.3 Å². The van der Waals surface area contributed by atoms with Gasteiger partial charge < -0.3 is 10.1 Å². The van der Waals surface area contributed by atoms with E-state index in [0.29, 0.717) is 13.1 Å². The van der Waals surface area contributed by atoms with E-state index in [9.17, 15) is 4.79 Å². The summed E-state index contributed by atoms with van der Waals surface area (Å²) in [6, 6.07) is 7.68. The van der Waals surface area contributed by atoms with Crippen molar-refractivity contribution >= 4 is 23.5 Å². The summed E-state index contributed by atoms with van der Waals surface area (Å²) in [7, 11) is 0. The molecule has 0 bridgehead atoms. The van der Waals surface area contributed by atoms with Crippen molar-refractivity contribution in [3.8, 4) is 5.75 Å². The Morgan fingerprint density at radius 3 is 2.95 bits per heavy atom. The Morgan fingerprint density at radius 2 is 2.14 bits per heavy atom. The van der Waals surface area contributed by atoms with E-state index in [-0.39, 0.29) is 12.1 Å². The third-order valence-electron chi connectivity index (χ3n) is 3.98. The predicted octanol–water partition coefficient (Wildman–Crippen LogP) is 2.03. The fourth-order valence-electron chi connectivity index (χ4n) is 2.82. The normalized spacial score (nSPS) is 21.9. The Morgan fingerprint density at radius 1 is 1.36 bits per heavy atom. The topological polar surface area (TPSA) is 44.8 Å². The maximum atomic E-state index is 12.5. The molecular formula is C16H23N3O2S. The molecule has 2 heterocycles. The molecule has 1 aromatic carbocycles. The maximum absolute atomic E-state index is 12.5. The Kier molecular flexibility index (Phi) is 5.10. The van der Waals surface area contributed by atoms with Gasteiger partial charge in [0, 0.05) is 37.7 Å². The summed E-state index contributed by atoms with van der Waals surface area (Å²) < 4.78 is 5.78. The van der Waals surface area contributed by atoms with Crippen molar-refractivity contribution in [2.75, 3.05) is 49.1 Å². The van der Waals surface area contributed by atoms with E-state index in [1.807, 2.05) is 43.0 Å². The first-order chi connectivity index (χ1) is 10.7. The van der Waals surface area contributed by atoms with Crippen LogP contribution in [-0.2, 0) is 0 Å². The zero-order valence-corrected chi connectivity index (χ0v) is 13.8. The van der Waals surface area contributed by atoms with Crippen molar-refractivity contribution in [3.63, 3.8) is 0 Å². The summed E-state index contributed by atoms with van der Waals surface area (Å²) in [6.07, 6.45) is 0.0137. The smallest absolute Gasteiger partial charge is 0.322 e. The van der Waals surface area contributed by atoms with Crippen LogP contribution in [0.1, 0.15) is 6.92 Å². The number of anilines is 1. The van der Waals surface area contributed by atoms with E-state index in [2.05, 4.69) is 10.2 Å². The SMILES string of the molecule is C[C@H]1CN(C(=O)NCCN2CCSCC2)c2ccccc2O1. The van der Waals surface area contributed by atoms with Crippen molar-refractivity contribution in [2.24, 2.45) is 0 Å². The molecule has 1 atom stereocenters. The molecule has 1 aromatic rings. The van der Waals surface area contributed by atoms with Crippen molar-refractivity contribution < 1.29 is 9.53 Å². The number of benzene rings is 1. The summed E-state index contributed by atoms with van der Waals surface area (Å²) in [6.45, 7) is 6.44. The van der Waals surface area contributed by atoms with Gasteiger partial charge in [0.05, 0.1) is 12.2 Å². The highest BCUT2D eigenvalue weighted by molar-refractivity contribution is 7.99. The number of para-hydroxylation sites is 2. The van der Waals surface area contributed by atoms with Crippen LogP contribution in [-0.4, -0.2) is 61.3 Å². The standard InChI is InChI=1S/C16H23N3O2S/c1-13-12-19(14-4-2-3-5-15(14)21-13)16(20)17-6-7-18-8-10-22-11-9-18/h2-5,13H,6-12H2,1H3,(H,17,20)/t13-/m0/s1. The lowest BCUT2D eigenvalue weighted by molar-refractivity contribution is 0.204. The van der Waals surface area contributed by atoms with Gasteiger partial charge in [0.25, 0.3) is 0 Å². The molecule has 0 aromatic heterocycles. The molecule has 22 heavy (non-hydrogen) atoms. The first kappa shape index (κ1) is 15.5. The van der Waals surface area contributed by atoms with Gasteiger partial charge >= 0.3 is 6.03 Å². The third-order valence-corrected chi connectivity index (χ3v) is 4.92. The molecule has 1 saturated heterocycles. The van der Waals surface area contributed by atoms with Crippen LogP contribution in [0.5, 0.6) is 5.75 Å². The first-order valence-corrected chi connectivity index (χ1v) is 9.00. The van der Waals surface area contributed by atoms with Crippen LogP contribution in [0.2, 0.25) is 0 Å². The van der Waals surface area contributed by atoms with Gasteiger partial charge in [0.15, 0.2) is 0 Å². The minimum Gasteiger partial charge on any atom is -0.487 e. The highest BCUT2D eigenvalue weighted by Gasteiger charge is 2.27. The molecule has 6 heteroatoms. The van der Waals surface area contributed by atoms with E-state index in [1.165, 1.54) is 11.5 Å². The summed E-state index contributed by atoms with van der Waals surface area (Å²) in [5.41, 5.74) is 0.854. The first-order valence-electron chi connectivity index (χ1n) is 7.85. The molecule has 0 spiro atoms. The Labute approximate surface area is 136 Å². The maximum Gasteiger partial charge on any atom is 0.322 e. The zero-order chi connectivity index (χ0) is 15.4. The van der Waals surface area contributed by atoms with Crippen LogP contribution in [0, 0.1) is 0 Å². The Hall–Kier alpha value is -1.40. The number of urea groups is 1. The van der Waals surface area contributed by atoms with Crippen LogP contribution in [0.25, 0.3) is 0 Å². The molecule has 5 nitrogen and oxygen atoms in total.